The second-order valence-corrected chi connectivity index (χ2v) is 5.76. The largest absolute Gasteiger partial charge is 0.408 e. The van der Waals surface area contributed by atoms with Gasteiger partial charge in [0.15, 0.2) is 5.82 Å². The number of halogens is 4. The monoisotopic (exact) mass is 345 g/mol. The molecule has 2 heterocycles. The molecule has 1 saturated heterocycles. The van der Waals surface area contributed by atoms with E-state index >= 15 is 0 Å². The Morgan fingerprint density at radius 3 is 2.79 bits per heavy atom. The molecule has 0 unspecified atom stereocenters. The summed E-state index contributed by atoms with van der Waals surface area (Å²) in [4.78, 5) is 1.75. The average Bonchev–Trinajstić information content (AvgIpc) is 3.05. The van der Waals surface area contributed by atoms with Gasteiger partial charge in [-0.15, -0.1) is 5.10 Å². The van der Waals surface area contributed by atoms with Crippen molar-refractivity contribution in [1.29, 1.82) is 0 Å². The summed E-state index contributed by atoms with van der Waals surface area (Å²) in [6, 6.07) is 5.63. The predicted octanol–water partition coefficient (Wildman–Crippen LogP) is 1.68. The molecule has 1 aliphatic rings. The summed E-state index contributed by atoms with van der Waals surface area (Å²) >= 11 is 0. The number of aliphatic hydroxyl groups excluding tert-OH is 1. The van der Waals surface area contributed by atoms with Gasteiger partial charge in [0.05, 0.1) is 12.6 Å². The van der Waals surface area contributed by atoms with Crippen LogP contribution in [-0.2, 0) is 13.1 Å². The fourth-order valence-electron chi connectivity index (χ4n) is 2.93. The third-order valence-electron chi connectivity index (χ3n) is 3.89. The second kappa shape index (κ2) is 6.44. The van der Waals surface area contributed by atoms with Crippen LogP contribution < -0.4 is 0 Å². The van der Waals surface area contributed by atoms with Gasteiger partial charge in [0.25, 0.3) is 0 Å². The molecule has 24 heavy (non-hydrogen) atoms. The zero-order valence-electron chi connectivity index (χ0n) is 12.5. The molecular weight excluding hydrogens is 330 g/mol. The molecule has 1 N–H and O–H groups in total. The van der Waals surface area contributed by atoms with Crippen LogP contribution in [0, 0.1) is 5.82 Å². The Labute approximate surface area is 134 Å². The van der Waals surface area contributed by atoms with Crippen LogP contribution in [0.1, 0.15) is 23.9 Å². The van der Waals surface area contributed by atoms with E-state index in [-0.39, 0.29) is 25.0 Å². The zero-order valence-corrected chi connectivity index (χ0v) is 12.5. The normalized spacial score (nSPS) is 22.2. The van der Waals surface area contributed by atoms with E-state index in [1.165, 1.54) is 12.1 Å². The van der Waals surface area contributed by atoms with E-state index in [9.17, 15) is 22.7 Å². The average molecular weight is 345 g/mol. The van der Waals surface area contributed by atoms with E-state index in [0.29, 0.717) is 16.7 Å². The Kier molecular flexibility index (Phi) is 4.50. The van der Waals surface area contributed by atoms with Crippen LogP contribution in [0.25, 0.3) is 0 Å². The molecule has 1 aromatic heterocycles. The molecule has 2 aromatic rings. The minimum absolute atomic E-state index is 0.0291. The third-order valence-corrected chi connectivity index (χ3v) is 3.89. The molecule has 6 nitrogen and oxygen atoms in total. The van der Waals surface area contributed by atoms with Crippen molar-refractivity contribution in [2.24, 2.45) is 0 Å². The van der Waals surface area contributed by atoms with E-state index in [0.717, 1.165) is 0 Å². The number of aliphatic hydroxyl groups is 1. The van der Waals surface area contributed by atoms with Gasteiger partial charge in [-0.2, -0.15) is 13.2 Å². The first-order chi connectivity index (χ1) is 11.3. The number of aromatic nitrogens is 4. The number of tetrazole rings is 1. The minimum atomic E-state index is -4.43. The van der Waals surface area contributed by atoms with Gasteiger partial charge in [-0.3, -0.25) is 4.90 Å². The van der Waals surface area contributed by atoms with Crippen molar-refractivity contribution in [3.63, 3.8) is 0 Å². The summed E-state index contributed by atoms with van der Waals surface area (Å²) < 4.78 is 51.8. The maximum absolute atomic E-state index is 13.4. The van der Waals surface area contributed by atoms with Crippen LogP contribution in [0.15, 0.2) is 24.3 Å². The number of nitrogens with zero attached hydrogens (tertiary/aromatic N) is 5. The molecule has 0 saturated carbocycles. The molecule has 0 radical (unpaired) electrons. The fourth-order valence-corrected chi connectivity index (χ4v) is 2.93. The smallest absolute Gasteiger partial charge is 0.392 e. The number of rotatable bonds is 4. The lowest BCUT2D eigenvalue weighted by Gasteiger charge is -2.24. The van der Waals surface area contributed by atoms with Crippen LogP contribution in [0.2, 0.25) is 0 Å². The van der Waals surface area contributed by atoms with Gasteiger partial charge in [0.1, 0.15) is 12.4 Å². The molecule has 0 bridgehead atoms. The zero-order chi connectivity index (χ0) is 17.3. The van der Waals surface area contributed by atoms with E-state index in [2.05, 4.69) is 15.5 Å². The summed E-state index contributed by atoms with van der Waals surface area (Å²) in [5, 5.41) is 20.2. The SMILES string of the molecule is O[C@@H]1C[C@@H](c2cccc(F)c2)N(Cc2nnnn2CC(F)(F)F)C1. The maximum Gasteiger partial charge on any atom is 0.408 e. The Hall–Kier alpha value is -2.07. The molecule has 1 fully saturated rings. The van der Waals surface area contributed by atoms with Crippen molar-refractivity contribution >= 4 is 0 Å². The highest BCUT2D eigenvalue weighted by atomic mass is 19.4. The van der Waals surface area contributed by atoms with Gasteiger partial charge in [0, 0.05) is 12.6 Å². The Balaban J connectivity index is 1.80. The highest BCUT2D eigenvalue weighted by Gasteiger charge is 2.35. The highest BCUT2D eigenvalue weighted by molar-refractivity contribution is 5.21. The quantitative estimate of drug-likeness (QED) is 0.854. The van der Waals surface area contributed by atoms with Crippen molar-refractivity contribution in [2.45, 2.75) is 37.8 Å². The number of alkyl halides is 3. The molecule has 3 rings (SSSR count). The van der Waals surface area contributed by atoms with Crippen LogP contribution >= 0.6 is 0 Å². The number of β-amino-alcohol motifs (C(OH)–C–C–N with tert-alkyl or cyclic N) is 1. The van der Waals surface area contributed by atoms with Crippen molar-refractivity contribution in [3.8, 4) is 0 Å². The van der Waals surface area contributed by atoms with Gasteiger partial charge in [-0.25, -0.2) is 9.07 Å². The molecule has 0 spiro atoms. The minimum Gasteiger partial charge on any atom is -0.392 e. The lowest BCUT2D eigenvalue weighted by molar-refractivity contribution is -0.143. The van der Waals surface area contributed by atoms with Crippen LogP contribution in [0.5, 0.6) is 0 Å². The molecule has 130 valence electrons. The summed E-state index contributed by atoms with van der Waals surface area (Å²) in [7, 11) is 0. The van der Waals surface area contributed by atoms with Gasteiger partial charge < -0.3 is 5.11 Å². The Morgan fingerprint density at radius 2 is 2.08 bits per heavy atom. The molecule has 1 aliphatic heterocycles. The summed E-state index contributed by atoms with van der Waals surface area (Å²) in [6.45, 7) is -1.00. The van der Waals surface area contributed by atoms with E-state index < -0.39 is 24.6 Å². The second-order valence-electron chi connectivity index (χ2n) is 5.76. The lowest BCUT2D eigenvalue weighted by atomic mass is 10.0. The molecule has 1 aromatic carbocycles. The molecule has 0 aliphatic carbocycles. The van der Waals surface area contributed by atoms with E-state index in [1.807, 2.05) is 0 Å². The van der Waals surface area contributed by atoms with E-state index in [4.69, 9.17) is 0 Å². The third kappa shape index (κ3) is 3.88. The van der Waals surface area contributed by atoms with Gasteiger partial charge in [-0.05, 0) is 34.5 Å². The fraction of sp³-hybridized carbons (Fsp3) is 0.500. The summed E-state index contributed by atoms with van der Waals surface area (Å²) in [5.74, 6) is -0.362. The summed E-state index contributed by atoms with van der Waals surface area (Å²) in [6.07, 6.45) is -4.72. The molecule has 10 heteroatoms. The first kappa shape index (κ1) is 16.8. The lowest BCUT2D eigenvalue weighted by Crippen LogP contribution is -2.28. The van der Waals surface area contributed by atoms with Gasteiger partial charge in [-0.1, -0.05) is 12.1 Å². The van der Waals surface area contributed by atoms with Gasteiger partial charge in [0.2, 0.25) is 0 Å². The number of hydrogen-bond acceptors (Lipinski definition) is 5. The van der Waals surface area contributed by atoms with Crippen LogP contribution in [-0.4, -0.2) is 49.0 Å². The standard InChI is InChI=1S/C14H15F4N5O/c15-10-3-1-2-9(4-10)12-5-11(24)6-22(12)7-13-19-20-21-23(13)8-14(16,17)18/h1-4,11-12,24H,5-8H2/t11-,12+/m1/s1. The predicted molar refractivity (Wildman–Crippen MR) is 74.0 cm³/mol. The van der Waals surface area contributed by atoms with Crippen molar-refractivity contribution < 1.29 is 22.7 Å². The topological polar surface area (TPSA) is 67.1 Å². The number of likely N-dealkylation sites (tertiary alicyclic amines) is 1. The van der Waals surface area contributed by atoms with Crippen LogP contribution in [0.3, 0.4) is 0 Å². The van der Waals surface area contributed by atoms with Gasteiger partial charge >= 0.3 is 6.18 Å². The van der Waals surface area contributed by atoms with Crippen molar-refractivity contribution in [1.82, 2.24) is 25.1 Å². The first-order valence-corrected chi connectivity index (χ1v) is 7.31. The Morgan fingerprint density at radius 1 is 1.29 bits per heavy atom. The Bertz CT molecular complexity index is 704. The molecule has 2 atom stereocenters. The molecule has 0 amide bonds. The van der Waals surface area contributed by atoms with Crippen LogP contribution in [0.4, 0.5) is 17.6 Å². The molecular formula is C14H15F4N5O. The van der Waals surface area contributed by atoms with Crippen molar-refractivity contribution in [2.75, 3.05) is 6.54 Å². The summed E-state index contributed by atoms with van der Waals surface area (Å²) in [5.41, 5.74) is 0.654. The number of benzene rings is 1. The number of hydrogen-bond donors (Lipinski definition) is 1. The van der Waals surface area contributed by atoms with E-state index in [1.54, 1.807) is 17.0 Å². The first-order valence-electron chi connectivity index (χ1n) is 7.31. The maximum atomic E-state index is 13.4. The van der Waals surface area contributed by atoms with Crippen molar-refractivity contribution in [3.05, 3.63) is 41.5 Å². The highest BCUT2D eigenvalue weighted by Crippen LogP contribution is 2.33.